The average molecular weight is 697 g/mol. The third-order valence-electron chi connectivity index (χ3n) is 8.67. The lowest BCUT2D eigenvalue weighted by molar-refractivity contribution is -0.170. The molecule has 266 valence electrons. The normalized spacial score (nSPS) is 20.3. The number of nitrogens with zero attached hydrogens (tertiary/aromatic N) is 3. The Morgan fingerprint density at radius 2 is 1.56 bits per heavy atom. The third kappa shape index (κ3) is 9.59. The molecular weight excluding hydrogens is 652 g/mol. The van der Waals surface area contributed by atoms with Crippen molar-refractivity contribution >= 4 is 44.7 Å². The Morgan fingerprint density at radius 3 is 2.04 bits per heavy atom. The molecule has 48 heavy (non-hydrogen) atoms. The molecule has 1 aromatic carbocycles. The maximum absolute atomic E-state index is 13.2. The van der Waals surface area contributed by atoms with Crippen molar-refractivity contribution in [1.82, 2.24) is 19.1 Å². The Kier molecular flexibility index (Phi) is 12.5. The van der Waals surface area contributed by atoms with Crippen LogP contribution in [0.25, 0.3) is 10.9 Å². The van der Waals surface area contributed by atoms with Crippen molar-refractivity contribution in [2.24, 2.45) is 0 Å². The molecule has 2 aliphatic heterocycles. The van der Waals surface area contributed by atoms with Crippen molar-refractivity contribution in [2.75, 3.05) is 26.4 Å². The van der Waals surface area contributed by atoms with Crippen LogP contribution >= 0.6 is 0 Å². The van der Waals surface area contributed by atoms with Crippen LogP contribution in [0.4, 0.5) is 0 Å². The Bertz CT molecular complexity index is 1660. The van der Waals surface area contributed by atoms with Crippen LogP contribution in [0.5, 0.6) is 0 Å². The highest BCUT2D eigenvalue weighted by Gasteiger charge is 2.42. The van der Waals surface area contributed by atoms with Gasteiger partial charge in [-0.05, 0) is 57.0 Å². The second-order valence-corrected chi connectivity index (χ2v) is 14.9. The SMILES string of the molecule is CC(C)n1c(=O)c(C(=O)NC2C[C@@H]3CC[C@@H](C2)N3C[C@@H](O)CN(C)S(C)(=O)=O)cc2ccccc21.O=C(O)CC(O)(CC(=O)O)C(=O)O. The fraction of sp³-hybridized carbons (Fsp3) is 0.581. The van der Waals surface area contributed by atoms with E-state index in [0.717, 1.165) is 42.8 Å². The molecule has 17 heteroatoms. The summed E-state index contributed by atoms with van der Waals surface area (Å²) in [6.07, 6.45) is 1.48. The number of carboxylic acids is 3. The highest BCUT2D eigenvalue weighted by atomic mass is 32.2. The van der Waals surface area contributed by atoms with E-state index in [0.29, 0.717) is 6.54 Å². The van der Waals surface area contributed by atoms with Crippen LogP contribution in [0, 0.1) is 0 Å². The standard InChI is InChI=1S/C25H36N4O5S.C6H8O7/c1-16(2)29-23-8-6-5-7-17(23)11-22(25(29)32)24(31)26-18-12-19-9-10-20(13-18)28(19)15-21(30)14-27(3)35(4,33)34;7-3(8)1-6(13,5(11)12)2-4(9)10/h5-8,11,16,18-21,30H,9-10,12-15H2,1-4H3,(H,26,31);13H,1-2H2,(H,7,8)(H,9,10)(H,11,12)/t19-,20-,21-;/m0./s1. The molecule has 4 rings (SSSR count). The summed E-state index contributed by atoms with van der Waals surface area (Å²) in [7, 11) is -1.88. The molecule has 2 saturated heterocycles. The number of aliphatic hydroxyl groups excluding tert-OH is 1. The number of aliphatic hydroxyl groups is 2. The van der Waals surface area contributed by atoms with Crippen molar-refractivity contribution in [1.29, 1.82) is 0 Å². The van der Waals surface area contributed by atoms with Gasteiger partial charge in [-0.2, -0.15) is 0 Å². The van der Waals surface area contributed by atoms with E-state index < -0.39 is 52.5 Å². The number of para-hydroxylation sites is 1. The Morgan fingerprint density at radius 1 is 1.02 bits per heavy atom. The van der Waals surface area contributed by atoms with Crippen molar-refractivity contribution in [3.63, 3.8) is 0 Å². The number of sulfonamides is 1. The largest absolute Gasteiger partial charge is 0.481 e. The summed E-state index contributed by atoms with van der Waals surface area (Å²) in [4.78, 5) is 59.2. The van der Waals surface area contributed by atoms with Crippen LogP contribution in [0.15, 0.2) is 35.1 Å². The molecule has 2 fully saturated rings. The molecule has 1 amide bonds. The van der Waals surface area contributed by atoms with Crippen LogP contribution in [0.3, 0.4) is 0 Å². The number of aromatic nitrogens is 1. The maximum atomic E-state index is 13.2. The van der Waals surface area contributed by atoms with E-state index in [1.807, 2.05) is 38.1 Å². The van der Waals surface area contributed by atoms with E-state index in [4.69, 9.17) is 20.4 Å². The van der Waals surface area contributed by atoms with Crippen molar-refractivity contribution < 1.29 is 53.1 Å². The lowest BCUT2D eigenvalue weighted by Crippen LogP contribution is -2.53. The number of carbonyl (C=O) groups is 4. The van der Waals surface area contributed by atoms with E-state index in [1.54, 1.807) is 10.6 Å². The lowest BCUT2D eigenvalue weighted by atomic mass is 9.96. The smallest absolute Gasteiger partial charge is 0.336 e. The molecule has 3 atom stereocenters. The van der Waals surface area contributed by atoms with Gasteiger partial charge < -0.3 is 35.4 Å². The average Bonchev–Trinajstić information content (AvgIpc) is 3.17. The number of hydrogen-bond acceptors (Lipinski definition) is 10. The van der Waals surface area contributed by atoms with Gasteiger partial charge in [-0.15, -0.1) is 0 Å². The number of hydrogen-bond donors (Lipinski definition) is 6. The van der Waals surface area contributed by atoms with Gasteiger partial charge in [-0.3, -0.25) is 24.1 Å². The highest BCUT2D eigenvalue weighted by Crippen LogP contribution is 2.36. The van der Waals surface area contributed by atoms with Crippen LogP contribution in [0.1, 0.15) is 68.8 Å². The molecule has 2 aliphatic rings. The van der Waals surface area contributed by atoms with E-state index in [9.17, 15) is 37.5 Å². The Hall–Kier alpha value is -3.90. The predicted molar refractivity (Wildman–Crippen MR) is 173 cm³/mol. The molecular formula is C31H44N4O12S. The molecule has 16 nitrogen and oxygen atoms in total. The number of nitrogens with one attached hydrogen (secondary N) is 1. The second kappa shape index (κ2) is 15.5. The first-order valence-corrected chi connectivity index (χ1v) is 17.3. The number of pyridine rings is 1. The zero-order chi connectivity index (χ0) is 36.1. The molecule has 2 aromatic rings. The van der Waals surface area contributed by atoms with Gasteiger partial charge in [0.25, 0.3) is 11.5 Å². The summed E-state index contributed by atoms with van der Waals surface area (Å²) in [5.74, 6) is -5.36. The number of amides is 1. The quantitative estimate of drug-likeness (QED) is 0.165. The molecule has 0 aliphatic carbocycles. The number of carbonyl (C=O) groups excluding carboxylic acids is 1. The number of aliphatic carboxylic acids is 3. The first-order chi connectivity index (χ1) is 22.2. The lowest BCUT2D eigenvalue weighted by Gasteiger charge is -2.40. The fourth-order valence-corrected chi connectivity index (χ4v) is 6.80. The summed E-state index contributed by atoms with van der Waals surface area (Å²) in [5.41, 5.74) is -2.05. The molecule has 1 aromatic heterocycles. The van der Waals surface area contributed by atoms with Crippen LogP contribution in [-0.2, 0) is 24.4 Å². The highest BCUT2D eigenvalue weighted by molar-refractivity contribution is 7.88. The molecule has 0 spiro atoms. The minimum absolute atomic E-state index is 0.0505. The molecule has 0 saturated carbocycles. The van der Waals surface area contributed by atoms with Crippen LogP contribution in [-0.4, -0.2) is 128 Å². The van der Waals surface area contributed by atoms with E-state index in [1.165, 1.54) is 11.4 Å². The predicted octanol–water partition coefficient (Wildman–Crippen LogP) is 0.311. The Labute approximate surface area is 277 Å². The van der Waals surface area contributed by atoms with E-state index in [2.05, 4.69) is 10.2 Å². The van der Waals surface area contributed by atoms with Crippen LogP contribution < -0.4 is 10.9 Å². The number of carboxylic acid groups (broad SMARTS) is 3. The van der Waals surface area contributed by atoms with Gasteiger partial charge in [0.05, 0.1) is 30.7 Å². The van der Waals surface area contributed by atoms with Gasteiger partial charge in [0.2, 0.25) is 10.0 Å². The topological polar surface area (TPSA) is 244 Å². The van der Waals surface area contributed by atoms with E-state index in [-0.39, 0.29) is 47.7 Å². The van der Waals surface area contributed by atoms with Gasteiger partial charge in [0, 0.05) is 44.3 Å². The van der Waals surface area contributed by atoms with Gasteiger partial charge in [0.15, 0.2) is 5.60 Å². The minimum Gasteiger partial charge on any atom is -0.481 e. The van der Waals surface area contributed by atoms with Crippen LogP contribution in [0.2, 0.25) is 0 Å². The Balaban J connectivity index is 0.000000408. The van der Waals surface area contributed by atoms with Gasteiger partial charge in [0.1, 0.15) is 5.56 Å². The van der Waals surface area contributed by atoms with E-state index >= 15 is 0 Å². The molecule has 0 radical (unpaired) electrons. The minimum atomic E-state index is -3.34. The van der Waals surface area contributed by atoms with Gasteiger partial charge in [-0.25, -0.2) is 17.5 Å². The zero-order valence-corrected chi connectivity index (χ0v) is 28.1. The molecule has 6 N–H and O–H groups in total. The third-order valence-corrected chi connectivity index (χ3v) is 9.95. The molecule has 3 heterocycles. The monoisotopic (exact) mass is 696 g/mol. The van der Waals surface area contributed by atoms with Crippen molar-refractivity contribution in [2.45, 2.75) is 88.2 Å². The number of likely N-dealkylation sites (N-methyl/N-ethyl adjacent to an activating group) is 1. The second-order valence-electron chi connectivity index (χ2n) is 12.8. The number of piperidine rings is 1. The first kappa shape index (κ1) is 38.5. The number of fused-ring (bicyclic) bond motifs is 3. The first-order valence-electron chi connectivity index (χ1n) is 15.4. The maximum Gasteiger partial charge on any atom is 0.336 e. The summed E-state index contributed by atoms with van der Waals surface area (Å²) in [6.45, 7) is 4.33. The molecule has 2 bridgehead atoms. The van der Waals surface area contributed by atoms with Gasteiger partial charge in [-0.1, -0.05) is 18.2 Å². The summed E-state index contributed by atoms with van der Waals surface area (Å²) in [6, 6.07) is 9.57. The number of rotatable bonds is 13. The summed E-state index contributed by atoms with van der Waals surface area (Å²) < 4.78 is 26.1. The van der Waals surface area contributed by atoms with Crippen molar-refractivity contribution in [3.05, 3.63) is 46.2 Å². The number of benzene rings is 1. The fourth-order valence-electron chi connectivity index (χ4n) is 6.36. The summed E-state index contributed by atoms with van der Waals surface area (Å²) >= 11 is 0. The molecule has 0 unspecified atom stereocenters. The van der Waals surface area contributed by atoms with Gasteiger partial charge >= 0.3 is 17.9 Å². The summed E-state index contributed by atoms with van der Waals surface area (Å²) in [5, 5.41) is 48.3. The van der Waals surface area contributed by atoms with Crippen molar-refractivity contribution in [3.8, 4) is 0 Å². The zero-order valence-electron chi connectivity index (χ0n) is 27.3.